The van der Waals surface area contributed by atoms with Crippen LogP contribution < -0.4 is 5.32 Å². The topological polar surface area (TPSA) is 66.4 Å². The first kappa shape index (κ1) is 12.9. The van der Waals surface area contributed by atoms with Gasteiger partial charge in [-0.15, -0.1) is 0 Å². The molecule has 0 radical (unpaired) electrons. The van der Waals surface area contributed by atoms with Crippen LogP contribution in [-0.4, -0.2) is 17.0 Å². The maximum absolute atomic E-state index is 12.0. The van der Waals surface area contributed by atoms with Gasteiger partial charge in [-0.25, -0.2) is 4.79 Å². The van der Waals surface area contributed by atoms with E-state index in [2.05, 4.69) is 5.32 Å². The van der Waals surface area contributed by atoms with Gasteiger partial charge in [0.25, 0.3) is 0 Å². The smallest absolute Gasteiger partial charge is 0.337 e. The van der Waals surface area contributed by atoms with Crippen LogP contribution in [0, 0.1) is 11.3 Å². The largest absolute Gasteiger partial charge is 0.478 e. The Hall–Kier alpha value is -1.55. The van der Waals surface area contributed by atoms with E-state index in [1.807, 2.05) is 13.8 Å². The van der Waals surface area contributed by atoms with Crippen LogP contribution in [0.5, 0.6) is 0 Å². The van der Waals surface area contributed by atoms with Crippen molar-refractivity contribution in [2.45, 2.75) is 20.3 Å². The summed E-state index contributed by atoms with van der Waals surface area (Å²) in [6.45, 7) is 4.00. The molecule has 0 bridgehead atoms. The van der Waals surface area contributed by atoms with Crippen LogP contribution >= 0.6 is 11.6 Å². The number of nitrogens with one attached hydrogen (secondary N) is 1. The number of hydrogen-bond donors (Lipinski definition) is 2. The number of anilines is 1. The summed E-state index contributed by atoms with van der Waals surface area (Å²) >= 11 is 5.94. The van der Waals surface area contributed by atoms with Gasteiger partial charge in [-0.1, -0.05) is 31.5 Å². The van der Waals surface area contributed by atoms with Crippen molar-refractivity contribution in [1.82, 2.24) is 0 Å². The molecule has 1 aromatic carbocycles. The summed E-state index contributed by atoms with van der Waals surface area (Å²) < 4.78 is 0. The van der Waals surface area contributed by atoms with Crippen molar-refractivity contribution in [1.29, 1.82) is 0 Å². The Labute approximate surface area is 110 Å². The number of halogens is 1. The van der Waals surface area contributed by atoms with Gasteiger partial charge >= 0.3 is 5.97 Å². The minimum atomic E-state index is -1.11. The average Bonchev–Trinajstić information content (AvgIpc) is 2.90. The highest BCUT2D eigenvalue weighted by molar-refractivity contribution is 6.34. The van der Waals surface area contributed by atoms with Gasteiger partial charge in [0.2, 0.25) is 5.91 Å². The molecule has 2 rings (SSSR count). The lowest BCUT2D eigenvalue weighted by molar-refractivity contribution is -0.118. The molecule has 0 heterocycles. The molecule has 1 fully saturated rings. The van der Waals surface area contributed by atoms with E-state index in [0.717, 1.165) is 6.42 Å². The monoisotopic (exact) mass is 267 g/mol. The lowest BCUT2D eigenvalue weighted by atomic mass is 10.1. The zero-order valence-corrected chi connectivity index (χ0v) is 10.9. The van der Waals surface area contributed by atoms with E-state index < -0.39 is 5.97 Å². The van der Waals surface area contributed by atoms with Gasteiger partial charge < -0.3 is 10.4 Å². The molecule has 1 aromatic rings. The first-order valence-corrected chi connectivity index (χ1v) is 6.03. The normalized spacial score (nSPS) is 20.3. The SMILES string of the molecule is CC1(C)CC1C(=O)Nc1c(Cl)cccc1C(=O)O. The van der Waals surface area contributed by atoms with Crippen LogP contribution in [-0.2, 0) is 4.79 Å². The van der Waals surface area contributed by atoms with Crippen molar-refractivity contribution < 1.29 is 14.7 Å². The molecule has 0 aliphatic heterocycles. The standard InChI is InChI=1S/C13H14ClNO3/c1-13(2)6-8(13)11(16)15-10-7(12(17)18)4-3-5-9(10)14/h3-5,8H,6H2,1-2H3,(H,15,16)(H,17,18). The highest BCUT2D eigenvalue weighted by Crippen LogP contribution is 2.52. The number of aromatic carboxylic acids is 1. The summed E-state index contributed by atoms with van der Waals surface area (Å²) in [7, 11) is 0. The fourth-order valence-electron chi connectivity index (χ4n) is 1.95. The van der Waals surface area contributed by atoms with Crippen molar-refractivity contribution in [3.8, 4) is 0 Å². The zero-order chi connectivity index (χ0) is 13.5. The number of amides is 1. The number of carbonyl (C=O) groups is 2. The molecule has 5 heteroatoms. The third-order valence-corrected chi connectivity index (χ3v) is 3.64. The van der Waals surface area contributed by atoms with Gasteiger partial charge in [-0.3, -0.25) is 4.79 Å². The van der Waals surface area contributed by atoms with Crippen molar-refractivity contribution in [3.63, 3.8) is 0 Å². The van der Waals surface area contributed by atoms with Gasteiger partial charge in [-0.05, 0) is 24.0 Å². The first-order valence-electron chi connectivity index (χ1n) is 5.65. The van der Waals surface area contributed by atoms with Crippen molar-refractivity contribution in [3.05, 3.63) is 28.8 Å². The predicted molar refractivity (Wildman–Crippen MR) is 68.9 cm³/mol. The minimum absolute atomic E-state index is 0.00523. The highest BCUT2D eigenvalue weighted by atomic mass is 35.5. The van der Waals surface area contributed by atoms with Crippen LogP contribution in [0.3, 0.4) is 0 Å². The molecule has 0 aromatic heterocycles. The third kappa shape index (κ3) is 2.34. The predicted octanol–water partition coefficient (Wildman–Crippen LogP) is 3.02. The van der Waals surface area contributed by atoms with Crippen molar-refractivity contribution in [2.75, 3.05) is 5.32 Å². The Morgan fingerprint density at radius 1 is 1.44 bits per heavy atom. The van der Waals surface area contributed by atoms with E-state index in [0.29, 0.717) is 0 Å². The molecule has 1 amide bonds. The number of para-hydroxylation sites is 1. The summed E-state index contributed by atoms with van der Waals surface area (Å²) in [4.78, 5) is 23.0. The fraction of sp³-hybridized carbons (Fsp3) is 0.385. The second-order valence-electron chi connectivity index (χ2n) is 5.20. The molecule has 2 N–H and O–H groups in total. The van der Waals surface area contributed by atoms with E-state index in [1.54, 1.807) is 12.1 Å². The van der Waals surface area contributed by atoms with Gasteiger partial charge in [-0.2, -0.15) is 0 Å². The lowest BCUT2D eigenvalue weighted by Crippen LogP contribution is -2.18. The van der Waals surface area contributed by atoms with Crippen LogP contribution in [0.2, 0.25) is 5.02 Å². The van der Waals surface area contributed by atoms with Crippen LogP contribution in [0.25, 0.3) is 0 Å². The third-order valence-electron chi connectivity index (χ3n) is 3.32. The number of hydrogen-bond acceptors (Lipinski definition) is 2. The summed E-state index contributed by atoms with van der Waals surface area (Å²) in [5, 5.41) is 11.9. The van der Waals surface area contributed by atoms with Crippen molar-refractivity contribution >= 4 is 29.2 Å². The van der Waals surface area contributed by atoms with E-state index in [9.17, 15) is 9.59 Å². The first-order chi connectivity index (χ1) is 8.33. The van der Waals surface area contributed by atoms with E-state index >= 15 is 0 Å². The van der Waals surface area contributed by atoms with Crippen LogP contribution in [0.15, 0.2) is 18.2 Å². The second-order valence-corrected chi connectivity index (χ2v) is 5.61. The number of benzene rings is 1. The van der Waals surface area contributed by atoms with Gasteiger partial charge in [0.15, 0.2) is 0 Å². The number of carboxylic acids is 1. The molecular weight excluding hydrogens is 254 g/mol. The van der Waals surface area contributed by atoms with Crippen LogP contribution in [0.1, 0.15) is 30.6 Å². The average molecular weight is 268 g/mol. The Morgan fingerprint density at radius 2 is 2.06 bits per heavy atom. The molecule has 1 aliphatic rings. The molecule has 96 valence electrons. The number of carbonyl (C=O) groups excluding carboxylic acids is 1. The molecule has 1 aliphatic carbocycles. The molecule has 18 heavy (non-hydrogen) atoms. The molecule has 1 unspecified atom stereocenters. The van der Waals surface area contributed by atoms with Gasteiger partial charge in [0.1, 0.15) is 0 Å². The van der Waals surface area contributed by atoms with Gasteiger partial charge in [0, 0.05) is 5.92 Å². The summed E-state index contributed by atoms with van der Waals surface area (Å²) in [6, 6.07) is 4.52. The molecule has 0 spiro atoms. The minimum Gasteiger partial charge on any atom is -0.478 e. The lowest BCUT2D eigenvalue weighted by Gasteiger charge is -2.11. The Bertz CT molecular complexity index is 525. The fourth-order valence-corrected chi connectivity index (χ4v) is 2.18. The maximum atomic E-state index is 12.0. The highest BCUT2D eigenvalue weighted by Gasteiger charge is 2.50. The number of carboxylic acid groups (broad SMARTS) is 1. The summed E-state index contributed by atoms with van der Waals surface area (Å²) in [6.07, 6.45) is 0.811. The molecular formula is C13H14ClNO3. The second kappa shape index (κ2) is 4.28. The van der Waals surface area contributed by atoms with E-state index in [4.69, 9.17) is 16.7 Å². The molecule has 1 atom stereocenters. The van der Waals surface area contributed by atoms with Crippen molar-refractivity contribution in [2.24, 2.45) is 11.3 Å². The molecule has 4 nitrogen and oxygen atoms in total. The summed E-state index contributed by atoms with van der Waals surface area (Å²) in [5.41, 5.74) is 0.183. The number of rotatable bonds is 3. The molecule has 0 saturated heterocycles. The summed E-state index contributed by atoms with van der Waals surface area (Å²) in [5.74, 6) is -1.35. The maximum Gasteiger partial charge on any atom is 0.337 e. The van der Waals surface area contributed by atoms with E-state index in [1.165, 1.54) is 6.07 Å². The Kier molecular flexibility index (Phi) is 3.07. The Balaban J connectivity index is 2.24. The van der Waals surface area contributed by atoms with Gasteiger partial charge in [0.05, 0.1) is 16.3 Å². The van der Waals surface area contributed by atoms with Crippen LogP contribution in [0.4, 0.5) is 5.69 Å². The Morgan fingerprint density at radius 3 is 2.56 bits per heavy atom. The quantitative estimate of drug-likeness (QED) is 0.885. The molecule has 1 saturated carbocycles. The van der Waals surface area contributed by atoms with E-state index in [-0.39, 0.29) is 33.5 Å². The zero-order valence-electron chi connectivity index (χ0n) is 10.2.